The fourth-order valence-electron chi connectivity index (χ4n) is 2.04. The van der Waals surface area contributed by atoms with Crippen molar-refractivity contribution in [3.05, 3.63) is 23.8 Å². The second-order valence-electron chi connectivity index (χ2n) is 4.77. The third-order valence-corrected chi connectivity index (χ3v) is 5.51. The number of anilines is 1. The molecule has 0 bridgehead atoms. The van der Waals surface area contributed by atoms with Crippen molar-refractivity contribution in [1.29, 1.82) is 0 Å². The molecule has 3 N–H and O–H groups in total. The van der Waals surface area contributed by atoms with E-state index in [4.69, 9.17) is 0 Å². The van der Waals surface area contributed by atoms with Crippen molar-refractivity contribution in [2.75, 3.05) is 23.9 Å². The van der Waals surface area contributed by atoms with Gasteiger partial charge in [-0.1, -0.05) is 0 Å². The highest BCUT2D eigenvalue weighted by Crippen LogP contribution is 2.31. The summed E-state index contributed by atoms with van der Waals surface area (Å²) < 4.78 is 0. The van der Waals surface area contributed by atoms with Gasteiger partial charge in [0.1, 0.15) is 0 Å². The summed E-state index contributed by atoms with van der Waals surface area (Å²) in [5.41, 5.74) is 1.18. The summed E-state index contributed by atoms with van der Waals surface area (Å²) in [6.45, 7) is 1.88. The molecule has 2 rings (SSSR count). The van der Waals surface area contributed by atoms with Gasteiger partial charge < -0.3 is 15.7 Å². The minimum atomic E-state index is -0.206. The molecular formula is C14H18N2O3S2. The van der Waals surface area contributed by atoms with E-state index in [-0.39, 0.29) is 29.7 Å². The fourth-order valence-corrected chi connectivity index (χ4v) is 3.46. The molecule has 1 aromatic rings. The van der Waals surface area contributed by atoms with Crippen LogP contribution < -0.4 is 10.6 Å². The van der Waals surface area contributed by atoms with Crippen LogP contribution in [0.5, 0.6) is 0 Å². The molecule has 0 fully saturated rings. The smallest absolute Gasteiger partial charge is 0.251 e. The number of thioether (sulfide) groups is 2. The van der Waals surface area contributed by atoms with Gasteiger partial charge in [-0.05, 0) is 31.4 Å². The van der Waals surface area contributed by atoms with Crippen LogP contribution in [0.25, 0.3) is 0 Å². The highest BCUT2D eigenvalue weighted by molar-refractivity contribution is 8.00. The van der Waals surface area contributed by atoms with E-state index in [1.165, 1.54) is 23.5 Å². The largest absolute Gasteiger partial charge is 0.395 e. The Hall–Kier alpha value is -1.18. The molecule has 114 valence electrons. The lowest BCUT2D eigenvalue weighted by Crippen LogP contribution is -2.41. The van der Waals surface area contributed by atoms with Crippen molar-refractivity contribution >= 4 is 41.0 Å². The minimum absolute atomic E-state index is 0.0134. The quantitative estimate of drug-likeness (QED) is 0.765. The van der Waals surface area contributed by atoms with Gasteiger partial charge in [-0.15, -0.1) is 11.8 Å². The minimum Gasteiger partial charge on any atom is -0.395 e. The highest BCUT2D eigenvalue weighted by Gasteiger charge is 2.20. The summed E-state index contributed by atoms with van der Waals surface area (Å²) in [6, 6.07) is 5.14. The number of fused-ring (bicyclic) bond motifs is 1. The topological polar surface area (TPSA) is 78.4 Å². The van der Waals surface area contributed by atoms with Gasteiger partial charge in [-0.25, -0.2) is 0 Å². The molecule has 1 aliphatic heterocycles. The second kappa shape index (κ2) is 7.20. The van der Waals surface area contributed by atoms with Crippen LogP contribution in [0.1, 0.15) is 17.3 Å². The summed E-state index contributed by atoms with van der Waals surface area (Å²) in [6.07, 6.45) is 1.90. The van der Waals surface area contributed by atoms with Crippen LogP contribution in [0.2, 0.25) is 0 Å². The number of rotatable bonds is 5. The predicted molar refractivity (Wildman–Crippen MR) is 87.1 cm³/mol. The van der Waals surface area contributed by atoms with Gasteiger partial charge in [0.05, 0.1) is 18.0 Å². The van der Waals surface area contributed by atoms with Crippen LogP contribution in [-0.4, -0.2) is 46.8 Å². The van der Waals surface area contributed by atoms with Gasteiger partial charge in [0.15, 0.2) is 0 Å². The zero-order valence-corrected chi connectivity index (χ0v) is 13.5. The summed E-state index contributed by atoms with van der Waals surface area (Å²) >= 11 is 2.98. The summed E-state index contributed by atoms with van der Waals surface area (Å²) in [5, 5.41) is 14.9. The van der Waals surface area contributed by atoms with E-state index >= 15 is 0 Å². The first-order valence-electron chi connectivity index (χ1n) is 6.56. The first-order chi connectivity index (χ1) is 10.0. The monoisotopic (exact) mass is 326 g/mol. The van der Waals surface area contributed by atoms with Crippen molar-refractivity contribution in [1.82, 2.24) is 5.32 Å². The number of carbonyl (C=O) groups is 2. The van der Waals surface area contributed by atoms with Crippen molar-refractivity contribution in [3.63, 3.8) is 0 Å². The summed E-state index contributed by atoms with van der Waals surface area (Å²) in [7, 11) is 0. The normalized spacial score (nSPS) is 16.6. The van der Waals surface area contributed by atoms with Gasteiger partial charge in [0, 0.05) is 21.8 Å². The molecule has 21 heavy (non-hydrogen) atoms. The average Bonchev–Trinajstić information content (AvgIpc) is 2.47. The Balaban J connectivity index is 2.09. The molecule has 0 spiro atoms. The summed E-state index contributed by atoms with van der Waals surface area (Å²) in [4.78, 5) is 24.6. The molecule has 0 radical (unpaired) electrons. The van der Waals surface area contributed by atoms with Crippen LogP contribution in [-0.2, 0) is 4.79 Å². The Morgan fingerprint density at radius 1 is 1.57 bits per heavy atom. The molecule has 5 nitrogen and oxygen atoms in total. The fraction of sp³-hybridized carbons (Fsp3) is 0.429. The molecule has 0 saturated heterocycles. The van der Waals surface area contributed by atoms with Crippen LogP contribution in [0.15, 0.2) is 23.1 Å². The van der Waals surface area contributed by atoms with Crippen molar-refractivity contribution < 1.29 is 14.7 Å². The Kier molecular flexibility index (Phi) is 5.55. The molecule has 1 aliphatic rings. The average molecular weight is 326 g/mol. The van der Waals surface area contributed by atoms with E-state index in [1.807, 2.05) is 19.2 Å². The van der Waals surface area contributed by atoms with Crippen LogP contribution in [0.3, 0.4) is 0 Å². The third-order valence-electron chi connectivity index (χ3n) is 3.27. The van der Waals surface area contributed by atoms with Crippen molar-refractivity contribution in [2.45, 2.75) is 23.1 Å². The second-order valence-corrected chi connectivity index (χ2v) is 6.86. The maximum atomic E-state index is 12.2. The van der Waals surface area contributed by atoms with E-state index < -0.39 is 0 Å². The molecular weight excluding hydrogens is 308 g/mol. The Labute approximate surface area is 132 Å². The SMILES string of the molecule is CSC(CO)C(C)NC(=O)c1ccc2c(c1)NC(=O)CS2. The lowest BCUT2D eigenvalue weighted by atomic mass is 10.1. The zero-order valence-electron chi connectivity index (χ0n) is 11.9. The van der Waals surface area contributed by atoms with E-state index in [1.54, 1.807) is 12.1 Å². The molecule has 1 aromatic carbocycles. The lowest BCUT2D eigenvalue weighted by Gasteiger charge is -2.22. The maximum absolute atomic E-state index is 12.2. The molecule has 0 aliphatic carbocycles. The number of carbonyl (C=O) groups excluding carboxylic acids is 2. The standard InChI is InChI=1S/C14H18N2O3S2/c1-8(12(6-17)20-2)15-14(19)9-3-4-11-10(5-9)16-13(18)7-21-11/h3-5,8,12,17H,6-7H2,1-2H3,(H,15,19)(H,16,18). The molecule has 2 amide bonds. The molecule has 7 heteroatoms. The van der Waals surface area contributed by atoms with Gasteiger partial charge in [0.2, 0.25) is 5.91 Å². The molecule has 0 saturated carbocycles. The molecule has 0 aromatic heterocycles. The third kappa shape index (κ3) is 3.93. The molecule has 2 atom stereocenters. The Bertz CT molecular complexity index is 547. The number of hydrogen-bond donors (Lipinski definition) is 3. The number of benzene rings is 1. The first kappa shape index (κ1) is 16.2. The van der Waals surface area contributed by atoms with Gasteiger partial charge in [-0.3, -0.25) is 9.59 Å². The predicted octanol–water partition coefficient (Wildman–Crippen LogP) is 1.57. The van der Waals surface area contributed by atoms with Crippen molar-refractivity contribution in [2.24, 2.45) is 0 Å². The van der Waals surface area contributed by atoms with Gasteiger partial charge in [-0.2, -0.15) is 11.8 Å². The Morgan fingerprint density at radius 3 is 3.00 bits per heavy atom. The van der Waals surface area contributed by atoms with Crippen LogP contribution in [0, 0.1) is 0 Å². The van der Waals surface area contributed by atoms with E-state index in [2.05, 4.69) is 10.6 Å². The lowest BCUT2D eigenvalue weighted by molar-refractivity contribution is -0.113. The highest BCUT2D eigenvalue weighted by atomic mass is 32.2. The Morgan fingerprint density at radius 2 is 2.33 bits per heavy atom. The molecule has 1 heterocycles. The maximum Gasteiger partial charge on any atom is 0.251 e. The number of aliphatic hydroxyl groups is 1. The number of aliphatic hydroxyl groups excluding tert-OH is 1. The molecule has 2 unspecified atom stereocenters. The van der Waals surface area contributed by atoms with Gasteiger partial charge >= 0.3 is 0 Å². The van der Waals surface area contributed by atoms with E-state index in [9.17, 15) is 14.7 Å². The van der Waals surface area contributed by atoms with Crippen LogP contribution in [0.4, 0.5) is 5.69 Å². The number of hydrogen-bond acceptors (Lipinski definition) is 5. The van der Waals surface area contributed by atoms with Crippen molar-refractivity contribution in [3.8, 4) is 0 Å². The first-order valence-corrected chi connectivity index (χ1v) is 8.83. The van der Waals surface area contributed by atoms with Gasteiger partial charge in [0.25, 0.3) is 5.91 Å². The number of amides is 2. The summed E-state index contributed by atoms with van der Waals surface area (Å²) in [5.74, 6) is 0.144. The number of nitrogens with one attached hydrogen (secondary N) is 2. The van der Waals surface area contributed by atoms with E-state index in [0.29, 0.717) is 17.0 Å². The van der Waals surface area contributed by atoms with E-state index in [0.717, 1.165) is 4.90 Å². The van der Waals surface area contributed by atoms with Crippen LogP contribution >= 0.6 is 23.5 Å². The zero-order chi connectivity index (χ0) is 15.4.